The van der Waals surface area contributed by atoms with Crippen molar-refractivity contribution in [2.45, 2.75) is 38.7 Å². The molecule has 0 bridgehead atoms. The highest BCUT2D eigenvalue weighted by Crippen LogP contribution is 2.29. The normalized spacial score (nSPS) is 13.2. The van der Waals surface area contributed by atoms with E-state index in [1.165, 1.54) is 0 Å². The number of hydrogen-bond acceptors (Lipinski definition) is 3. The van der Waals surface area contributed by atoms with Gasteiger partial charge in [0.1, 0.15) is 0 Å². The van der Waals surface area contributed by atoms with Crippen LogP contribution in [0, 0.1) is 11.8 Å². The molecule has 1 atom stereocenters. The van der Waals surface area contributed by atoms with Gasteiger partial charge in [-0.1, -0.05) is 43.4 Å². The number of esters is 1. The van der Waals surface area contributed by atoms with Crippen molar-refractivity contribution in [1.29, 1.82) is 0 Å². The smallest absolute Gasteiger partial charge is 0.356 e. The molecule has 1 aromatic carbocycles. The van der Waals surface area contributed by atoms with Crippen molar-refractivity contribution in [2.75, 3.05) is 6.61 Å². The van der Waals surface area contributed by atoms with Crippen molar-refractivity contribution in [3.05, 3.63) is 36.0 Å². The molecule has 116 valence electrons. The Balaban J connectivity index is 2.47. The Morgan fingerprint density at radius 2 is 2.14 bits per heavy atom. The summed E-state index contributed by atoms with van der Waals surface area (Å²) in [6.45, 7) is 3.97. The van der Waals surface area contributed by atoms with Crippen LogP contribution in [0.3, 0.4) is 0 Å². The molecule has 0 amide bonds. The molecule has 2 N–H and O–H groups in total. The van der Waals surface area contributed by atoms with Gasteiger partial charge in [-0.3, -0.25) is 0 Å². The summed E-state index contributed by atoms with van der Waals surface area (Å²) >= 11 is 0. The summed E-state index contributed by atoms with van der Waals surface area (Å²) in [6.07, 6.45) is 4.20. The van der Waals surface area contributed by atoms with Gasteiger partial charge < -0.3 is 14.8 Å². The Kier molecular flexibility index (Phi) is 5.24. The van der Waals surface area contributed by atoms with Gasteiger partial charge in [0.05, 0.1) is 6.61 Å². The number of fused-ring (bicyclic) bond motifs is 1. The summed E-state index contributed by atoms with van der Waals surface area (Å²) in [7, 11) is 0. The van der Waals surface area contributed by atoms with Gasteiger partial charge in [0, 0.05) is 29.1 Å². The van der Waals surface area contributed by atoms with Crippen LogP contribution in [-0.4, -0.2) is 22.7 Å². The van der Waals surface area contributed by atoms with Gasteiger partial charge in [-0.05, 0) is 19.4 Å². The lowest BCUT2D eigenvalue weighted by Gasteiger charge is -2.19. The molecule has 1 heterocycles. The number of aliphatic hydroxyl groups is 1. The number of rotatable bonds is 5. The monoisotopic (exact) mass is 299 g/mol. The fourth-order valence-electron chi connectivity index (χ4n) is 2.29. The zero-order valence-electron chi connectivity index (χ0n) is 13.0. The van der Waals surface area contributed by atoms with E-state index in [0.29, 0.717) is 12.0 Å². The molecule has 4 nitrogen and oxygen atoms in total. The van der Waals surface area contributed by atoms with Gasteiger partial charge in [0.25, 0.3) is 5.60 Å². The molecule has 1 aromatic heterocycles. The number of unbranched alkanes of at least 4 members (excludes halogenated alkanes) is 2. The first kappa shape index (κ1) is 16.1. The van der Waals surface area contributed by atoms with Crippen LogP contribution < -0.4 is 0 Å². The molecule has 2 rings (SSSR count). The van der Waals surface area contributed by atoms with Crippen LogP contribution in [0.4, 0.5) is 0 Å². The number of aromatic nitrogens is 1. The molecule has 2 aromatic rings. The van der Waals surface area contributed by atoms with Gasteiger partial charge >= 0.3 is 5.97 Å². The number of aromatic amines is 1. The van der Waals surface area contributed by atoms with Gasteiger partial charge in [-0.2, -0.15) is 0 Å². The second-order valence-corrected chi connectivity index (χ2v) is 5.08. The standard InChI is InChI=1S/C18H21NO3/c1-3-5-6-9-12-18(21,17(20)22-4-2)15-13-19-16-11-8-7-10-14(15)16/h7-8,10-11,13,19,21H,3-6H2,1-2H3. The topological polar surface area (TPSA) is 62.3 Å². The number of H-pyrrole nitrogens is 1. The van der Waals surface area contributed by atoms with Crippen molar-refractivity contribution >= 4 is 16.9 Å². The number of nitrogens with one attached hydrogen (secondary N) is 1. The summed E-state index contributed by atoms with van der Waals surface area (Å²) < 4.78 is 5.03. The number of benzene rings is 1. The molecular weight excluding hydrogens is 278 g/mol. The van der Waals surface area contributed by atoms with Crippen LogP contribution in [0.25, 0.3) is 10.9 Å². The van der Waals surface area contributed by atoms with E-state index in [0.717, 1.165) is 23.7 Å². The first-order chi connectivity index (χ1) is 10.6. The average molecular weight is 299 g/mol. The Labute approximate surface area is 130 Å². The van der Waals surface area contributed by atoms with Crippen LogP contribution in [0.15, 0.2) is 30.5 Å². The fourth-order valence-corrected chi connectivity index (χ4v) is 2.29. The van der Waals surface area contributed by atoms with Gasteiger partial charge in [-0.25, -0.2) is 4.79 Å². The Bertz CT molecular complexity index is 708. The lowest BCUT2D eigenvalue weighted by Crippen LogP contribution is -2.36. The third-order valence-corrected chi connectivity index (χ3v) is 3.47. The highest BCUT2D eigenvalue weighted by atomic mass is 16.5. The predicted octanol–water partition coefficient (Wildman–Crippen LogP) is 3.11. The molecule has 0 aliphatic carbocycles. The largest absolute Gasteiger partial charge is 0.463 e. The molecule has 0 aliphatic rings. The third kappa shape index (κ3) is 3.15. The van der Waals surface area contributed by atoms with E-state index in [1.54, 1.807) is 13.1 Å². The number of para-hydroxylation sites is 1. The number of carbonyl (C=O) groups excluding carboxylic acids is 1. The third-order valence-electron chi connectivity index (χ3n) is 3.47. The SMILES string of the molecule is CCCCC#CC(O)(C(=O)OCC)c1c[nH]c2ccccc12. The number of carbonyl (C=O) groups is 1. The van der Waals surface area contributed by atoms with Crippen molar-refractivity contribution in [1.82, 2.24) is 4.98 Å². The maximum atomic E-state index is 12.3. The molecule has 0 aliphatic heterocycles. The van der Waals surface area contributed by atoms with E-state index in [-0.39, 0.29) is 6.61 Å². The van der Waals surface area contributed by atoms with Crippen LogP contribution >= 0.6 is 0 Å². The molecular formula is C18H21NO3. The second-order valence-electron chi connectivity index (χ2n) is 5.08. The highest BCUT2D eigenvalue weighted by Gasteiger charge is 2.40. The number of ether oxygens (including phenoxy) is 1. The summed E-state index contributed by atoms with van der Waals surface area (Å²) in [4.78, 5) is 15.3. The number of hydrogen-bond donors (Lipinski definition) is 2. The molecule has 4 heteroatoms. The first-order valence-electron chi connectivity index (χ1n) is 7.59. The van der Waals surface area contributed by atoms with Gasteiger partial charge in [-0.15, -0.1) is 0 Å². The molecule has 0 spiro atoms. The average Bonchev–Trinajstić information content (AvgIpc) is 2.96. The van der Waals surface area contributed by atoms with E-state index in [9.17, 15) is 9.90 Å². The zero-order chi connectivity index (χ0) is 16.0. The lowest BCUT2D eigenvalue weighted by atomic mass is 9.93. The maximum Gasteiger partial charge on any atom is 0.356 e. The molecule has 0 fully saturated rings. The van der Waals surface area contributed by atoms with Crippen molar-refractivity contribution in [2.24, 2.45) is 0 Å². The Morgan fingerprint density at radius 3 is 2.86 bits per heavy atom. The zero-order valence-corrected chi connectivity index (χ0v) is 13.0. The van der Waals surface area contributed by atoms with E-state index < -0.39 is 11.6 Å². The quantitative estimate of drug-likeness (QED) is 0.506. The maximum absolute atomic E-state index is 12.3. The molecule has 0 saturated heterocycles. The van der Waals surface area contributed by atoms with Gasteiger partial charge in [0.15, 0.2) is 0 Å². The Morgan fingerprint density at radius 1 is 1.36 bits per heavy atom. The summed E-state index contributed by atoms with van der Waals surface area (Å²) in [5, 5.41) is 11.7. The summed E-state index contributed by atoms with van der Waals surface area (Å²) in [5.74, 6) is 4.89. The van der Waals surface area contributed by atoms with E-state index >= 15 is 0 Å². The molecule has 22 heavy (non-hydrogen) atoms. The minimum Gasteiger partial charge on any atom is -0.463 e. The molecule has 0 radical (unpaired) electrons. The lowest BCUT2D eigenvalue weighted by molar-refractivity contribution is -0.159. The highest BCUT2D eigenvalue weighted by molar-refractivity contribution is 5.93. The van der Waals surface area contributed by atoms with E-state index in [1.807, 2.05) is 24.3 Å². The summed E-state index contributed by atoms with van der Waals surface area (Å²) in [5.41, 5.74) is -0.662. The minimum atomic E-state index is -1.94. The van der Waals surface area contributed by atoms with Crippen LogP contribution in [-0.2, 0) is 15.1 Å². The summed E-state index contributed by atoms with van der Waals surface area (Å²) in [6, 6.07) is 7.47. The van der Waals surface area contributed by atoms with Crippen molar-refractivity contribution in [3.8, 4) is 11.8 Å². The van der Waals surface area contributed by atoms with Crippen LogP contribution in [0.1, 0.15) is 38.7 Å². The minimum absolute atomic E-state index is 0.195. The predicted molar refractivity (Wildman–Crippen MR) is 86.1 cm³/mol. The Hall–Kier alpha value is -2.25. The first-order valence-corrected chi connectivity index (χ1v) is 7.59. The molecule has 0 saturated carbocycles. The van der Waals surface area contributed by atoms with Crippen molar-refractivity contribution in [3.63, 3.8) is 0 Å². The van der Waals surface area contributed by atoms with Crippen molar-refractivity contribution < 1.29 is 14.6 Å². The van der Waals surface area contributed by atoms with Crippen LogP contribution in [0.5, 0.6) is 0 Å². The van der Waals surface area contributed by atoms with Gasteiger partial charge in [0.2, 0.25) is 0 Å². The fraction of sp³-hybridized carbons (Fsp3) is 0.389. The molecule has 1 unspecified atom stereocenters. The van der Waals surface area contributed by atoms with E-state index in [4.69, 9.17) is 4.74 Å². The second kappa shape index (κ2) is 7.15. The van der Waals surface area contributed by atoms with E-state index in [2.05, 4.69) is 23.7 Å². The van der Waals surface area contributed by atoms with Crippen LogP contribution in [0.2, 0.25) is 0 Å².